The summed E-state index contributed by atoms with van der Waals surface area (Å²) in [6.45, 7) is 0. The maximum atomic E-state index is 12.5. The number of hydrogen-bond acceptors (Lipinski definition) is 7. The minimum atomic E-state index is -0.768. The molecule has 0 saturated carbocycles. The molecule has 0 radical (unpaired) electrons. The number of ether oxygens (including phenoxy) is 1. The Morgan fingerprint density at radius 1 is 1.13 bits per heavy atom. The number of carbonyl (C=O) groups excluding carboxylic acids is 1. The SMILES string of the molecule is COC(=O)C(Sc1nc(N)c(C#N)c(-c2cccc(Cl)c2)c1C#N)c1ccccc1. The quantitative estimate of drug-likeness (QED) is 0.456. The van der Waals surface area contributed by atoms with Crippen molar-refractivity contribution in [3.8, 4) is 23.3 Å². The molecule has 1 unspecified atom stereocenters. The van der Waals surface area contributed by atoms with Crippen molar-refractivity contribution in [2.24, 2.45) is 0 Å². The summed E-state index contributed by atoms with van der Waals surface area (Å²) in [4.78, 5) is 16.7. The van der Waals surface area contributed by atoms with Crippen LogP contribution >= 0.6 is 23.4 Å². The van der Waals surface area contributed by atoms with Gasteiger partial charge in [0.2, 0.25) is 0 Å². The van der Waals surface area contributed by atoms with E-state index in [1.165, 1.54) is 7.11 Å². The first-order valence-corrected chi connectivity index (χ1v) is 9.95. The number of rotatable bonds is 5. The lowest BCUT2D eigenvalue weighted by molar-refractivity contribution is -0.140. The highest BCUT2D eigenvalue weighted by Gasteiger charge is 2.28. The van der Waals surface area contributed by atoms with Gasteiger partial charge in [-0.05, 0) is 23.3 Å². The molecular weight excluding hydrogens is 420 g/mol. The number of nitrogens with zero attached hydrogens (tertiary/aromatic N) is 3. The van der Waals surface area contributed by atoms with Crippen molar-refractivity contribution < 1.29 is 9.53 Å². The third-order valence-corrected chi connectivity index (χ3v) is 5.73. The first-order chi connectivity index (χ1) is 14.5. The Labute approximate surface area is 182 Å². The lowest BCUT2D eigenvalue weighted by Gasteiger charge is -2.17. The zero-order valence-corrected chi connectivity index (χ0v) is 17.4. The van der Waals surface area contributed by atoms with Crippen LogP contribution in [0, 0.1) is 22.7 Å². The fourth-order valence-corrected chi connectivity index (χ4v) is 4.23. The van der Waals surface area contributed by atoms with E-state index in [0.717, 1.165) is 11.8 Å². The Hall–Kier alpha value is -3.52. The van der Waals surface area contributed by atoms with Crippen LogP contribution in [0.3, 0.4) is 0 Å². The number of benzene rings is 2. The van der Waals surface area contributed by atoms with Crippen molar-refractivity contribution in [1.82, 2.24) is 4.98 Å². The number of nitrogens with two attached hydrogens (primary N) is 1. The summed E-state index contributed by atoms with van der Waals surface area (Å²) in [5, 5.41) is 19.5. The van der Waals surface area contributed by atoms with Crippen LogP contribution in [0.1, 0.15) is 21.9 Å². The number of nitriles is 2. The normalized spacial score (nSPS) is 11.2. The summed E-state index contributed by atoms with van der Waals surface area (Å²) in [7, 11) is 1.29. The van der Waals surface area contributed by atoms with Gasteiger partial charge in [0.25, 0.3) is 0 Å². The van der Waals surface area contributed by atoms with Crippen molar-refractivity contribution in [3.05, 3.63) is 76.3 Å². The van der Waals surface area contributed by atoms with Gasteiger partial charge >= 0.3 is 5.97 Å². The molecule has 0 aliphatic heterocycles. The second-order valence-corrected chi connectivity index (χ2v) is 7.62. The van der Waals surface area contributed by atoms with Gasteiger partial charge in [-0.25, -0.2) is 4.98 Å². The Morgan fingerprint density at radius 3 is 2.43 bits per heavy atom. The van der Waals surface area contributed by atoms with Crippen molar-refractivity contribution in [1.29, 1.82) is 10.5 Å². The molecule has 1 aromatic heterocycles. The lowest BCUT2D eigenvalue weighted by atomic mass is 9.97. The van der Waals surface area contributed by atoms with E-state index in [1.807, 2.05) is 12.1 Å². The van der Waals surface area contributed by atoms with E-state index in [9.17, 15) is 15.3 Å². The molecule has 1 heterocycles. The lowest BCUT2D eigenvalue weighted by Crippen LogP contribution is -2.12. The number of hydrogen-bond donors (Lipinski definition) is 1. The first-order valence-electron chi connectivity index (χ1n) is 8.69. The number of pyridine rings is 1. The molecule has 0 fully saturated rings. The molecule has 3 rings (SSSR count). The number of carbonyl (C=O) groups is 1. The van der Waals surface area contributed by atoms with E-state index < -0.39 is 11.2 Å². The molecular formula is C22H15ClN4O2S. The number of anilines is 1. The molecule has 0 amide bonds. The zero-order chi connectivity index (χ0) is 21.7. The number of nitrogen functional groups attached to an aromatic ring is 1. The molecule has 0 aliphatic carbocycles. The number of halogens is 1. The topological polar surface area (TPSA) is 113 Å². The number of esters is 1. The molecule has 0 saturated heterocycles. The zero-order valence-electron chi connectivity index (χ0n) is 15.8. The molecule has 8 heteroatoms. The fourth-order valence-electron chi connectivity index (χ4n) is 2.91. The van der Waals surface area contributed by atoms with E-state index in [0.29, 0.717) is 21.7 Å². The molecule has 3 aromatic rings. The van der Waals surface area contributed by atoms with E-state index in [4.69, 9.17) is 22.1 Å². The van der Waals surface area contributed by atoms with Gasteiger partial charge in [0.15, 0.2) is 0 Å². The van der Waals surface area contributed by atoms with Crippen LogP contribution in [0.15, 0.2) is 59.6 Å². The summed E-state index contributed by atoms with van der Waals surface area (Å²) >= 11 is 7.15. The Kier molecular flexibility index (Phi) is 6.58. The molecule has 148 valence electrons. The van der Waals surface area contributed by atoms with Crippen molar-refractivity contribution in [2.75, 3.05) is 12.8 Å². The van der Waals surface area contributed by atoms with Gasteiger partial charge in [0, 0.05) is 10.6 Å². The summed E-state index contributed by atoms with van der Waals surface area (Å²) < 4.78 is 4.95. The highest BCUT2D eigenvalue weighted by atomic mass is 35.5. The summed E-state index contributed by atoms with van der Waals surface area (Å²) in [6.07, 6.45) is 0. The van der Waals surface area contributed by atoms with Crippen LogP contribution < -0.4 is 5.73 Å². The average Bonchev–Trinajstić information content (AvgIpc) is 2.77. The third-order valence-electron chi connectivity index (χ3n) is 4.28. The number of methoxy groups -OCH3 is 1. The highest BCUT2D eigenvalue weighted by Crippen LogP contribution is 2.42. The maximum absolute atomic E-state index is 12.5. The summed E-state index contributed by atoms with van der Waals surface area (Å²) in [5.74, 6) is -0.533. The van der Waals surface area contributed by atoms with Gasteiger partial charge in [0.1, 0.15) is 33.8 Å². The van der Waals surface area contributed by atoms with E-state index in [-0.39, 0.29) is 22.0 Å². The van der Waals surface area contributed by atoms with Gasteiger partial charge in [0.05, 0.1) is 12.7 Å². The fraction of sp³-hybridized carbons (Fsp3) is 0.0909. The molecule has 1 atom stereocenters. The number of aromatic nitrogens is 1. The molecule has 0 spiro atoms. The van der Waals surface area contributed by atoms with Crippen LogP contribution in [-0.2, 0) is 9.53 Å². The molecule has 2 aromatic carbocycles. The second kappa shape index (κ2) is 9.32. The van der Waals surface area contributed by atoms with Gasteiger partial charge in [-0.2, -0.15) is 10.5 Å². The molecule has 6 nitrogen and oxygen atoms in total. The second-order valence-electron chi connectivity index (χ2n) is 6.09. The molecule has 2 N–H and O–H groups in total. The predicted octanol–water partition coefficient (Wildman–Crippen LogP) is 4.73. The van der Waals surface area contributed by atoms with Crippen molar-refractivity contribution in [3.63, 3.8) is 0 Å². The largest absolute Gasteiger partial charge is 0.468 e. The minimum absolute atomic E-state index is 0.0364. The predicted molar refractivity (Wildman–Crippen MR) is 116 cm³/mol. The molecule has 30 heavy (non-hydrogen) atoms. The monoisotopic (exact) mass is 434 g/mol. The van der Waals surface area contributed by atoms with Crippen LogP contribution in [0.25, 0.3) is 11.1 Å². The highest BCUT2D eigenvalue weighted by molar-refractivity contribution is 8.00. The van der Waals surface area contributed by atoms with E-state index >= 15 is 0 Å². The number of thioether (sulfide) groups is 1. The van der Waals surface area contributed by atoms with Crippen molar-refractivity contribution in [2.45, 2.75) is 10.3 Å². The average molecular weight is 435 g/mol. The third kappa shape index (κ3) is 4.23. The summed E-state index contributed by atoms with van der Waals surface area (Å²) in [5.41, 5.74) is 7.83. The van der Waals surface area contributed by atoms with Crippen molar-refractivity contribution >= 4 is 35.1 Å². The Morgan fingerprint density at radius 2 is 1.83 bits per heavy atom. The van der Waals surface area contributed by atoms with Gasteiger partial charge < -0.3 is 10.5 Å². The smallest absolute Gasteiger partial charge is 0.323 e. The minimum Gasteiger partial charge on any atom is -0.468 e. The van der Waals surface area contributed by atoms with Gasteiger partial charge in [-0.3, -0.25) is 4.79 Å². The van der Waals surface area contributed by atoms with Gasteiger partial charge in [-0.1, -0.05) is 65.8 Å². The summed E-state index contributed by atoms with van der Waals surface area (Å²) in [6, 6.07) is 19.9. The van der Waals surface area contributed by atoms with Crippen LogP contribution in [0.5, 0.6) is 0 Å². The Balaban J connectivity index is 2.22. The van der Waals surface area contributed by atoms with Crippen LogP contribution in [0.2, 0.25) is 5.02 Å². The first kappa shape index (κ1) is 21.2. The molecule has 0 bridgehead atoms. The van der Waals surface area contributed by atoms with Crippen LogP contribution in [0.4, 0.5) is 5.82 Å². The van der Waals surface area contributed by atoms with E-state index in [1.54, 1.807) is 48.5 Å². The maximum Gasteiger partial charge on any atom is 0.323 e. The van der Waals surface area contributed by atoms with Crippen LogP contribution in [-0.4, -0.2) is 18.1 Å². The standard InChI is InChI=1S/C22H15ClN4O2S/c1-29-22(28)19(13-6-3-2-4-7-13)30-21-17(12-25)18(16(11-24)20(26)27-21)14-8-5-9-15(23)10-14/h2-10,19H,1H3,(H2,26,27). The van der Waals surface area contributed by atoms with E-state index in [2.05, 4.69) is 11.1 Å². The van der Waals surface area contributed by atoms with Gasteiger partial charge in [-0.15, -0.1) is 0 Å². The molecule has 0 aliphatic rings. The Bertz CT molecular complexity index is 1190.